The molecule has 0 spiro atoms. The summed E-state index contributed by atoms with van der Waals surface area (Å²) < 4.78 is 0. The Kier molecular flexibility index (Phi) is 4.22. The molecule has 1 N–H and O–H groups in total. The summed E-state index contributed by atoms with van der Waals surface area (Å²) in [4.78, 5) is 13.8. The second-order valence-electron chi connectivity index (χ2n) is 5.37. The summed E-state index contributed by atoms with van der Waals surface area (Å²) in [5.41, 5.74) is 0. The highest BCUT2D eigenvalue weighted by Gasteiger charge is 2.23. The first-order valence-corrected chi connectivity index (χ1v) is 6.77. The van der Waals surface area contributed by atoms with Crippen molar-refractivity contribution in [3.8, 4) is 0 Å². The van der Waals surface area contributed by atoms with Crippen molar-refractivity contribution >= 4 is 5.91 Å². The lowest BCUT2D eigenvalue weighted by Crippen LogP contribution is -2.33. The molecule has 0 bridgehead atoms. The van der Waals surface area contributed by atoms with Gasteiger partial charge >= 0.3 is 0 Å². The average molecular weight is 224 g/mol. The van der Waals surface area contributed by atoms with Crippen LogP contribution in [0.3, 0.4) is 0 Å². The minimum absolute atomic E-state index is 0.337. The Bertz CT molecular complexity index is 232. The zero-order valence-corrected chi connectivity index (χ0v) is 10.4. The third kappa shape index (κ3) is 3.78. The third-order valence-electron chi connectivity index (χ3n) is 3.67. The van der Waals surface area contributed by atoms with E-state index in [1.165, 1.54) is 32.1 Å². The summed E-state index contributed by atoms with van der Waals surface area (Å²) in [6, 6.07) is 0.582. The number of nitrogens with one attached hydrogen (secondary N) is 1. The normalized spacial score (nSPS) is 22.4. The van der Waals surface area contributed by atoms with Gasteiger partial charge in [0.1, 0.15) is 0 Å². The zero-order chi connectivity index (χ0) is 11.4. The number of likely N-dealkylation sites (tertiary alicyclic amines) is 1. The van der Waals surface area contributed by atoms with E-state index in [4.69, 9.17) is 0 Å². The van der Waals surface area contributed by atoms with Gasteiger partial charge in [0.15, 0.2) is 0 Å². The molecule has 1 aliphatic heterocycles. The molecule has 1 unspecified atom stereocenters. The highest BCUT2D eigenvalue weighted by atomic mass is 16.2. The van der Waals surface area contributed by atoms with E-state index in [-0.39, 0.29) is 0 Å². The first kappa shape index (κ1) is 11.9. The van der Waals surface area contributed by atoms with Crippen LogP contribution in [0.1, 0.15) is 45.4 Å². The number of rotatable bonds is 6. The number of hydrogen-bond acceptors (Lipinski definition) is 2. The van der Waals surface area contributed by atoms with Crippen LogP contribution in [-0.4, -0.2) is 36.5 Å². The monoisotopic (exact) mass is 224 g/mol. The largest absolute Gasteiger partial charge is 0.343 e. The summed E-state index contributed by atoms with van der Waals surface area (Å²) in [6.45, 7) is 5.05. The summed E-state index contributed by atoms with van der Waals surface area (Å²) in [5, 5.41) is 3.46. The molecule has 2 fully saturated rings. The van der Waals surface area contributed by atoms with Gasteiger partial charge < -0.3 is 10.2 Å². The highest BCUT2D eigenvalue weighted by Crippen LogP contribution is 2.33. The van der Waals surface area contributed by atoms with Crippen LogP contribution in [0.5, 0.6) is 0 Å². The lowest BCUT2D eigenvalue weighted by atomic mass is 10.1. The van der Waals surface area contributed by atoms with Gasteiger partial charge in [0.05, 0.1) is 0 Å². The minimum Gasteiger partial charge on any atom is -0.343 e. The molecule has 1 saturated heterocycles. The second kappa shape index (κ2) is 5.67. The molecule has 0 aromatic carbocycles. The Morgan fingerprint density at radius 3 is 2.69 bits per heavy atom. The lowest BCUT2D eigenvalue weighted by molar-refractivity contribution is -0.130. The summed E-state index contributed by atoms with van der Waals surface area (Å²) in [6.07, 6.45) is 7.18. The molecule has 1 atom stereocenters. The maximum atomic E-state index is 11.7. The standard InChI is InChI=1S/C13H24N2O/c1-11(10-12-4-5-12)14-7-6-13(16)15-8-2-3-9-15/h11-12,14H,2-10H2,1H3. The van der Waals surface area contributed by atoms with Gasteiger partial charge in [-0.2, -0.15) is 0 Å². The van der Waals surface area contributed by atoms with Crippen molar-refractivity contribution in [2.24, 2.45) is 5.92 Å². The molecule has 16 heavy (non-hydrogen) atoms. The van der Waals surface area contributed by atoms with E-state index >= 15 is 0 Å². The van der Waals surface area contributed by atoms with Gasteiger partial charge in [-0.3, -0.25) is 4.79 Å². The van der Waals surface area contributed by atoms with Crippen LogP contribution in [0.15, 0.2) is 0 Å². The molecule has 92 valence electrons. The van der Waals surface area contributed by atoms with Gasteiger partial charge in [0, 0.05) is 32.1 Å². The van der Waals surface area contributed by atoms with Crippen molar-refractivity contribution in [1.82, 2.24) is 10.2 Å². The Hall–Kier alpha value is -0.570. The van der Waals surface area contributed by atoms with Crippen molar-refractivity contribution in [1.29, 1.82) is 0 Å². The summed E-state index contributed by atoms with van der Waals surface area (Å²) >= 11 is 0. The van der Waals surface area contributed by atoms with Gasteiger partial charge in [0.25, 0.3) is 0 Å². The van der Waals surface area contributed by atoms with Crippen molar-refractivity contribution in [3.05, 3.63) is 0 Å². The fourth-order valence-electron chi connectivity index (χ4n) is 2.49. The van der Waals surface area contributed by atoms with E-state index in [9.17, 15) is 4.79 Å². The maximum absolute atomic E-state index is 11.7. The van der Waals surface area contributed by atoms with Crippen molar-refractivity contribution in [2.75, 3.05) is 19.6 Å². The van der Waals surface area contributed by atoms with Crippen LogP contribution in [0.2, 0.25) is 0 Å². The molecule has 1 heterocycles. The number of amides is 1. The predicted octanol–water partition coefficient (Wildman–Crippen LogP) is 1.78. The van der Waals surface area contributed by atoms with E-state index < -0.39 is 0 Å². The molecule has 0 aromatic rings. The van der Waals surface area contributed by atoms with Gasteiger partial charge in [-0.1, -0.05) is 12.8 Å². The number of nitrogens with zero attached hydrogens (tertiary/aromatic N) is 1. The van der Waals surface area contributed by atoms with E-state index in [2.05, 4.69) is 12.2 Å². The molecule has 3 heteroatoms. The molecule has 0 aromatic heterocycles. The van der Waals surface area contributed by atoms with Crippen molar-refractivity contribution in [2.45, 2.75) is 51.5 Å². The topological polar surface area (TPSA) is 32.3 Å². The molecule has 3 nitrogen and oxygen atoms in total. The van der Waals surface area contributed by atoms with Crippen LogP contribution in [0.25, 0.3) is 0 Å². The molecule has 1 saturated carbocycles. The Morgan fingerprint density at radius 2 is 2.06 bits per heavy atom. The van der Waals surface area contributed by atoms with Gasteiger partial charge in [0.2, 0.25) is 5.91 Å². The molecule has 0 radical (unpaired) electrons. The maximum Gasteiger partial charge on any atom is 0.223 e. The average Bonchev–Trinajstić information content (AvgIpc) is 2.90. The number of carbonyl (C=O) groups excluding carboxylic acids is 1. The smallest absolute Gasteiger partial charge is 0.223 e. The Balaban J connectivity index is 1.54. The van der Waals surface area contributed by atoms with Crippen LogP contribution in [0.4, 0.5) is 0 Å². The molecular weight excluding hydrogens is 200 g/mol. The van der Waals surface area contributed by atoms with E-state index in [0.29, 0.717) is 18.4 Å². The van der Waals surface area contributed by atoms with Crippen LogP contribution >= 0.6 is 0 Å². The van der Waals surface area contributed by atoms with E-state index in [0.717, 1.165) is 25.6 Å². The number of hydrogen-bond donors (Lipinski definition) is 1. The third-order valence-corrected chi connectivity index (χ3v) is 3.67. The van der Waals surface area contributed by atoms with Crippen LogP contribution < -0.4 is 5.32 Å². The molecule has 2 rings (SSSR count). The molecule has 1 aliphatic carbocycles. The SMILES string of the molecule is CC(CC1CC1)NCCC(=O)N1CCCC1. The van der Waals surface area contributed by atoms with Gasteiger partial charge in [-0.25, -0.2) is 0 Å². The van der Waals surface area contributed by atoms with E-state index in [1.807, 2.05) is 4.90 Å². The first-order valence-electron chi connectivity index (χ1n) is 6.77. The fraction of sp³-hybridized carbons (Fsp3) is 0.923. The zero-order valence-electron chi connectivity index (χ0n) is 10.4. The van der Waals surface area contributed by atoms with Gasteiger partial charge in [-0.15, -0.1) is 0 Å². The van der Waals surface area contributed by atoms with Crippen LogP contribution in [-0.2, 0) is 4.79 Å². The van der Waals surface area contributed by atoms with Crippen LogP contribution in [0, 0.1) is 5.92 Å². The highest BCUT2D eigenvalue weighted by molar-refractivity contribution is 5.76. The Labute approximate surface area is 98.6 Å². The van der Waals surface area contributed by atoms with Gasteiger partial charge in [-0.05, 0) is 32.1 Å². The minimum atomic E-state index is 0.337. The van der Waals surface area contributed by atoms with E-state index in [1.54, 1.807) is 0 Å². The fourth-order valence-corrected chi connectivity index (χ4v) is 2.49. The molecular formula is C13H24N2O. The lowest BCUT2D eigenvalue weighted by Gasteiger charge is -2.17. The number of carbonyl (C=O) groups is 1. The Morgan fingerprint density at radius 1 is 1.38 bits per heavy atom. The summed E-state index contributed by atoms with van der Waals surface area (Å²) in [7, 11) is 0. The quantitative estimate of drug-likeness (QED) is 0.746. The molecule has 2 aliphatic rings. The summed E-state index contributed by atoms with van der Waals surface area (Å²) in [5.74, 6) is 1.31. The first-order chi connectivity index (χ1) is 7.75. The predicted molar refractivity (Wildman–Crippen MR) is 65.2 cm³/mol. The van der Waals surface area contributed by atoms with Crippen molar-refractivity contribution in [3.63, 3.8) is 0 Å². The molecule has 1 amide bonds. The van der Waals surface area contributed by atoms with Crippen molar-refractivity contribution < 1.29 is 4.79 Å². The second-order valence-corrected chi connectivity index (χ2v) is 5.37.